The van der Waals surface area contributed by atoms with E-state index in [0.29, 0.717) is 17.5 Å². The predicted molar refractivity (Wildman–Crippen MR) is 289 cm³/mol. The Hall–Kier alpha value is -9.19. The Morgan fingerprint density at radius 1 is 0.314 bits per heavy atom. The number of hydrogen-bond acceptors (Lipinski definition) is 5. The van der Waals surface area contributed by atoms with Gasteiger partial charge in [0.2, 0.25) is 0 Å². The van der Waals surface area contributed by atoms with E-state index in [1.165, 1.54) is 27.8 Å². The number of furan rings is 1. The van der Waals surface area contributed by atoms with Gasteiger partial charge in [0.05, 0.1) is 0 Å². The molecule has 12 aromatic rings. The van der Waals surface area contributed by atoms with E-state index >= 15 is 0 Å². The molecule has 0 bridgehead atoms. The highest BCUT2D eigenvalue weighted by molar-refractivity contribution is 6.12. The summed E-state index contributed by atoms with van der Waals surface area (Å²) in [4.78, 5) is 15.7. The van der Waals surface area contributed by atoms with Crippen molar-refractivity contribution in [3.8, 4) is 89.8 Å². The minimum absolute atomic E-state index is 0.578. The molecule has 5 nitrogen and oxygen atoms in total. The lowest BCUT2D eigenvalue weighted by molar-refractivity contribution is 0.669. The van der Waals surface area contributed by atoms with Crippen molar-refractivity contribution in [2.75, 3.05) is 5.73 Å². The van der Waals surface area contributed by atoms with E-state index in [0.717, 1.165) is 96.1 Å². The largest absolute Gasteiger partial charge is 0.456 e. The second kappa shape index (κ2) is 18.5. The van der Waals surface area contributed by atoms with Crippen LogP contribution in [0.15, 0.2) is 247 Å². The molecule has 0 aliphatic heterocycles. The number of aryl methyl sites for hydroxylation is 2. The maximum atomic E-state index is 6.81. The van der Waals surface area contributed by atoms with Gasteiger partial charge in [-0.25, -0.2) is 15.0 Å². The quantitative estimate of drug-likeness (QED) is 0.131. The summed E-state index contributed by atoms with van der Waals surface area (Å²) in [6, 6.07) is 84.6. The lowest BCUT2D eigenvalue weighted by atomic mass is 9.90. The second-order valence-electron chi connectivity index (χ2n) is 17.7. The molecule has 2 N–H and O–H groups in total. The van der Waals surface area contributed by atoms with Gasteiger partial charge in [-0.2, -0.15) is 0 Å². The molecule has 0 amide bonds. The second-order valence-corrected chi connectivity index (χ2v) is 17.7. The molecule has 0 spiro atoms. The molecule has 0 aliphatic carbocycles. The molecule has 2 aromatic heterocycles. The fourth-order valence-electron chi connectivity index (χ4n) is 9.75. The van der Waals surface area contributed by atoms with Crippen molar-refractivity contribution < 1.29 is 4.42 Å². The Bertz CT molecular complexity index is 3740. The van der Waals surface area contributed by atoms with Crippen molar-refractivity contribution >= 4 is 27.6 Å². The number of hydrogen-bond donors (Lipinski definition) is 1. The summed E-state index contributed by atoms with van der Waals surface area (Å²) in [5.74, 6) is 1.77. The summed E-state index contributed by atoms with van der Waals surface area (Å²) >= 11 is 0. The van der Waals surface area contributed by atoms with Gasteiger partial charge in [-0.1, -0.05) is 200 Å². The van der Waals surface area contributed by atoms with Crippen LogP contribution in [0, 0.1) is 0 Å². The van der Waals surface area contributed by atoms with Crippen LogP contribution in [0.3, 0.4) is 0 Å². The first-order valence-electron chi connectivity index (χ1n) is 23.7. The number of nitrogen functional groups attached to an aromatic ring is 1. The monoisotopic (exact) mass is 898 g/mol. The van der Waals surface area contributed by atoms with E-state index in [1.54, 1.807) is 0 Å². The van der Waals surface area contributed by atoms with E-state index in [9.17, 15) is 0 Å². The van der Waals surface area contributed by atoms with E-state index < -0.39 is 0 Å². The number of nitrogens with zero attached hydrogens (tertiary/aromatic N) is 3. The van der Waals surface area contributed by atoms with Gasteiger partial charge in [-0.05, 0) is 117 Å². The third kappa shape index (κ3) is 8.31. The lowest BCUT2D eigenvalue weighted by Crippen LogP contribution is -2.01. The SMILES string of the molecule is Nc1ccc(-c2ccccc2-c2ccccc2)cc1-c1ccccc1CCc1ccc2oc3cccc(-c4nc(-c5cccc(-c6ccccc6)c5)nc(-c5cccc(-c6ccccc6)c5)n4)c3c2c1. The first kappa shape index (κ1) is 42.2. The fraction of sp³-hybridized carbons (Fsp3) is 0.0308. The van der Waals surface area contributed by atoms with Crippen molar-refractivity contribution in [2.45, 2.75) is 12.8 Å². The highest BCUT2D eigenvalue weighted by Gasteiger charge is 2.20. The first-order chi connectivity index (χ1) is 34.6. The normalized spacial score (nSPS) is 11.3. The number of nitrogens with two attached hydrogens (primary N) is 1. The molecule has 12 rings (SSSR count). The van der Waals surface area contributed by atoms with Crippen molar-refractivity contribution in [3.05, 3.63) is 254 Å². The lowest BCUT2D eigenvalue weighted by Gasteiger charge is -2.16. The van der Waals surface area contributed by atoms with Crippen LogP contribution in [-0.4, -0.2) is 15.0 Å². The standard InChI is InChI=1S/C65H46N4O/c66-59-37-36-50(55-30-13-12-28-53(55)46-21-8-3-9-22-46)42-57(59)54-29-11-10-23-47(54)35-33-43-34-38-60-58(39-43)62-56(31-16-32-61(62)70-60)65-68-63(51-26-14-24-48(40-51)44-17-4-1-5-18-44)67-64(69-65)52-27-15-25-49(41-52)45-19-6-2-7-20-45/h1-32,34,36-42H,33,35,66H2. The molecule has 5 heteroatoms. The van der Waals surface area contributed by atoms with E-state index in [2.05, 4.69) is 212 Å². The Kier molecular flexibility index (Phi) is 11.1. The zero-order valence-corrected chi connectivity index (χ0v) is 38.3. The first-order valence-corrected chi connectivity index (χ1v) is 23.7. The van der Waals surface area contributed by atoms with Crippen LogP contribution in [0.4, 0.5) is 5.69 Å². The predicted octanol–water partition coefficient (Wildman–Crippen LogP) is 16.5. The Morgan fingerprint density at radius 2 is 0.829 bits per heavy atom. The molecule has 332 valence electrons. The maximum absolute atomic E-state index is 6.81. The zero-order valence-electron chi connectivity index (χ0n) is 38.3. The van der Waals surface area contributed by atoms with E-state index in [4.69, 9.17) is 25.1 Å². The molecule has 0 unspecified atom stereocenters. The number of aromatic nitrogens is 3. The Morgan fingerprint density at radius 3 is 1.49 bits per heavy atom. The molecular weight excluding hydrogens is 853 g/mol. The number of fused-ring (bicyclic) bond motifs is 3. The molecule has 2 heterocycles. The molecule has 0 fully saturated rings. The summed E-state index contributed by atoms with van der Waals surface area (Å²) < 4.78 is 6.58. The van der Waals surface area contributed by atoms with Gasteiger partial charge in [0, 0.05) is 38.7 Å². The Balaban J connectivity index is 0.919. The van der Waals surface area contributed by atoms with Gasteiger partial charge < -0.3 is 10.2 Å². The highest BCUT2D eigenvalue weighted by atomic mass is 16.3. The molecule has 0 saturated heterocycles. The minimum Gasteiger partial charge on any atom is -0.456 e. The average Bonchev–Trinajstić information content (AvgIpc) is 3.82. The zero-order chi connectivity index (χ0) is 46.8. The van der Waals surface area contributed by atoms with Gasteiger partial charge in [0.15, 0.2) is 17.5 Å². The third-order valence-corrected chi connectivity index (χ3v) is 13.3. The van der Waals surface area contributed by atoms with Crippen LogP contribution < -0.4 is 5.73 Å². The van der Waals surface area contributed by atoms with Crippen LogP contribution in [0.1, 0.15) is 11.1 Å². The van der Waals surface area contributed by atoms with Crippen LogP contribution in [0.5, 0.6) is 0 Å². The summed E-state index contributed by atoms with van der Waals surface area (Å²) in [6.45, 7) is 0. The summed E-state index contributed by atoms with van der Waals surface area (Å²) in [6.07, 6.45) is 1.63. The molecule has 70 heavy (non-hydrogen) atoms. The number of rotatable bonds is 11. The van der Waals surface area contributed by atoms with E-state index in [1.807, 2.05) is 30.3 Å². The summed E-state index contributed by atoms with van der Waals surface area (Å²) in [5, 5.41) is 1.99. The Labute approximate surface area is 407 Å². The van der Waals surface area contributed by atoms with Gasteiger partial charge in [0.25, 0.3) is 0 Å². The molecule has 0 atom stereocenters. The topological polar surface area (TPSA) is 77.8 Å². The molecule has 0 radical (unpaired) electrons. The highest BCUT2D eigenvalue weighted by Crippen LogP contribution is 2.40. The van der Waals surface area contributed by atoms with Gasteiger partial charge in [-0.15, -0.1) is 0 Å². The molecule has 0 saturated carbocycles. The number of benzene rings is 10. The van der Waals surface area contributed by atoms with Crippen molar-refractivity contribution in [1.29, 1.82) is 0 Å². The van der Waals surface area contributed by atoms with Crippen LogP contribution in [0.25, 0.3) is 112 Å². The number of anilines is 1. The summed E-state index contributed by atoms with van der Waals surface area (Å²) in [5.41, 5.74) is 25.6. The van der Waals surface area contributed by atoms with E-state index in [-0.39, 0.29) is 0 Å². The third-order valence-electron chi connectivity index (χ3n) is 13.3. The van der Waals surface area contributed by atoms with Crippen molar-refractivity contribution in [1.82, 2.24) is 15.0 Å². The molecule has 10 aromatic carbocycles. The van der Waals surface area contributed by atoms with Gasteiger partial charge >= 0.3 is 0 Å². The van der Waals surface area contributed by atoms with Crippen LogP contribution in [-0.2, 0) is 12.8 Å². The molecular formula is C65H46N4O. The fourth-order valence-corrected chi connectivity index (χ4v) is 9.75. The minimum atomic E-state index is 0.578. The molecule has 0 aliphatic rings. The van der Waals surface area contributed by atoms with Crippen LogP contribution >= 0.6 is 0 Å². The van der Waals surface area contributed by atoms with Gasteiger partial charge in [0.1, 0.15) is 11.2 Å². The average molecular weight is 899 g/mol. The van der Waals surface area contributed by atoms with Crippen LogP contribution in [0.2, 0.25) is 0 Å². The van der Waals surface area contributed by atoms with Crippen molar-refractivity contribution in [2.24, 2.45) is 0 Å². The summed E-state index contributed by atoms with van der Waals surface area (Å²) in [7, 11) is 0. The van der Waals surface area contributed by atoms with Gasteiger partial charge in [-0.3, -0.25) is 0 Å². The smallest absolute Gasteiger partial charge is 0.164 e. The maximum Gasteiger partial charge on any atom is 0.164 e. The van der Waals surface area contributed by atoms with Crippen molar-refractivity contribution in [3.63, 3.8) is 0 Å².